The first-order valence-corrected chi connectivity index (χ1v) is 4.43. The number of pyridine rings is 1. The van der Waals surface area contributed by atoms with Crippen molar-refractivity contribution in [1.82, 2.24) is 4.98 Å². The molecule has 0 aliphatic rings. The largest absolute Gasteiger partial charge is 0.399 e. The molecule has 0 atom stereocenters. The Labute approximate surface area is 88.6 Å². The maximum atomic E-state index is 8.55. The fourth-order valence-corrected chi connectivity index (χ4v) is 1.02. The SMILES string of the molecule is CON=C(C)c1cccc(C#CCO)n1. The van der Waals surface area contributed by atoms with E-state index < -0.39 is 0 Å². The van der Waals surface area contributed by atoms with Gasteiger partial charge < -0.3 is 9.94 Å². The summed E-state index contributed by atoms with van der Waals surface area (Å²) in [5.41, 5.74) is 2.00. The average molecular weight is 204 g/mol. The van der Waals surface area contributed by atoms with Gasteiger partial charge in [0.2, 0.25) is 0 Å². The van der Waals surface area contributed by atoms with Crippen LogP contribution in [0.25, 0.3) is 0 Å². The number of oxime groups is 1. The number of aromatic nitrogens is 1. The fourth-order valence-electron chi connectivity index (χ4n) is 1.02. The Balaban J connectivity index is 2.97. The fraction of sp³-hybridized carbons (Fsp3) is 0.273. The molecule has 0 aliphatic carbocycles. The zero-order chi connectivity index (χ0) is 11.1. The Morgan fingerprint density at radius 2 is 2.40 bits per heavy atom. The molecule has 0 amide bonds. The molecule has 0 aromatic carbocycles. The summed E-state index contributed by atoms with van der Waals surface area (Å²) in [5.74, 6) is 5.26. The molecule has 1 heterocycles. The van der Waals surface area contributed by atoms with E-state index in [0.717, 1.165) is 0 Å². The van der Waals surface area contributed by atoms with E-state index in [4.69, 9.17) is 5.11 Å². The first-order valence-electron chi connectivity index (χ1n) is 4.43. The van der Waals surface area contributed by atoms with Gasteiger partial charge in [-0.3, -0.25) is 0 Å². The second-order valence-corrected chi connectivity index (χ2v) is 2.73. The molecule has 15 heavy (non-hydrogen) atoms. The minimum atomic E-state index is -0.170. The van der Waals surface area contributed by atoms with Crippen LogP contribution < -0.4 is 0 Å². The lowest BCUT2D eigenvalue weighted by Gasteiger charge is -1.98. The highest BCUT2D eigenvalue weighted by molar-refractivity contribution is 5.96. The standard InChI is InChI=1S/C11H12N2O2/c1-9(13-15-2)11-7-3-5-10(12-11)6-4-8-14/h3,5,7,14H,8H2,1-2H3. The Kier molecular flexibility index (Phi) is 4.32. The summed E-state index contributed by atoms with van der Waals surface area (Å²) in [6.45, 7) is 1.63. The molecule has 4 nitrogen and oxygen atoms in total. The van der Waals surface area contributed by atoms with Gasteiger partial charge in [0.1, 0.15) is 25.1 Å². The van der Waals surface area contributed by atoms with Crippen LogP contribution in [0, 0.1) is 11.8 Å². The molecule has 4 heteroatoms. The first kappa shape index (κ1) is 11.2. The number of hydrogen-bond donors (Lipinski definition) is 1. The van der Waals surface area contributed by atoms with Crippen LogP contribution >= 0.6 is 0 Å². The molecule has 1 rings (SSSR count). The molecule has 0 spiro atoms. The van der Waals surface area contributed by atoms with Gasteiger partial charge in [-0.15, -0.1) is 0 Å². The Morgan fingerprint density at radius 1 is 1.60 bits per heavy atom. The Hall–Kier alpha value is -1.86. The van der Waals surface area contributed by atoms with Gasteiger partial charge in [-0.25, -0.2) is 4.98 Å². The van der Waals surface area contributed by atoms with Crippen LogP contribution in [0.5, 0.6) is 0 Å². The first-order chi connectivity index (χ1) is 7.27. The van der Waals surface area contributed by atoms with E-state index in [-0.39, 0.29) is 6.61 Å². The molecule has 0 saturated heterocycles. The summed E-state index contributed by atoms with van der Waals surface area (Å²) in [6.07, 6.45) is 0. The molecule has 0 fully saturated rings. The van der Waals surface area contributed by atoms with Gasteiger partial charge in [0.15, 0.2) is 0 Å². The van der Waals surface area contributed by atoms with Crippen molar-refractivity contribution in [2.24, 2.45) is 5.16 Å². The topological polar surface area (TPSA) is 54.7 Å². The number of aliphatic hydroxyl groups excluding tert-OH is 1. The third-order valence-corrected chi connectivity index (χ3v) is 1.64. The summed E-state index contributed by atoms with van der Waals surface area (Å²) in [5, 5.41) is 12.3. The van der Waals surface area contributed by atoms with Crippen molar-refractivity contribution in [1.29, 1.82) is 0 Å². The lowest BCUT2D eigenvalue weighted by Crippen LogP contribution is -2.00. The Bertz CT molecular complexity index is 416. The van der Waals surface area contributed by atoms with Crippen LogP contribution in [0.15, 0.2) is 23.4 Å². The molecular formula is C11H12N2O2. The quantitative estimate of drug-likeness (QED) is 0.440. The molecule has 1 aromatic rings. The van der Waals surface area contributed by atoms with Crippen LogP contribution in [0.2, 0.25) is 0 Å². The third kappa shape index (κ3) is 3.41. The summed E-state index contributed by atoms with van der Waals surface area (Å²) < 4.78 is 0. The van der Waals surface area contributed by atoms with E-state index in [0.29, 0.717) is 17.1 Å². The van der Waals surface area contributed by atoms with Gasteiger partial charge in [0.05, 0.1) is 5.69 Å². The predicted molar refractivity (Wildman–Crippen MR) is 57.4 cm³/mol. The normalized spacial score (nSPS) is 10.5. The molecule has 78 valence electrons. The van der Waals surface area contributed by atoms with E-state index in [9.17, 15) is 0 Å². The number of aliphatic hydroxyl groups is 1. The van der Waals surface area contributed by atoms with Gasteiger partial charge in [-0.2, -0.15) is 0 Å². The van der Waals surface area contributed by atoms with Gasteiger partial charge in [0.25, 0.3) is 0 Å². The number of nitrogens with zero attached hydrogens (tertiary/aromatic N) is 2. The second-order valence-electron chi connectivity index (χ2n) is 2.73. The van der Waals surface area contributed by atoms with E-state index in [1.807, 2.05) is 12.1 Å². The molecule has 1 N–H and O–H groups in total. The predicted octanol–water partition coefficient (Wildman–Crippen LogP) is 0.796. The zero-order valence-corrected chi connectivity index (χ0v) is 8.69. The highest BCUT2D eigenvalue weighted by Gasteiger charge is 1.99. The van der Waals surface area contributed by atoms with E-state index >= 15 is 0 Å². The lowest BCUT2D eigenvalue weighted by molar-refractivity contribution is 0.213. The van der Waals surface area contributed by atoms with Crippen molar-refractivity contribution < 1.29 is 9.94 Å². The van der Waals surface area contributed by atoms with Crippen LogP contribution in [-0.2, 0) is 4.84 Å². The molecule has 0 saturated carbocycles. The van der Waals surface area contributed by atoms with Crippen molar-refractivity contribution in [3.8, 4) is 11.8 Å². The molecule has 0 radical (unpaired) electrons. The van der Waals surface area contributed by atoms with Crippen LogP contribution in [-0.4, -0.2) is 29.5 Å². The van der Waals surface area contributed by atoms with Crippen molar-refractivity contribution in [3.05, 3.63) is 29.6 Å². The van der Waals surface area contributed by atoms with E-state index in [1.54, 1.807) is 13.0 Å². The van der Waals surface area contributed by atoms with Crippen LogP contribution in [0.4, 0.5) is 0 Å². The molecule has 0 bridgehead atoms. The summed E-state index contributed by atoms with van der Waals surface area (Å²) in [6, 6.07) is 5.42. The minimum Gasteiger partial charge on any atom is -0.399 e. The van der Waals surface area contributed by atoms with Crippen molar-refractivity contribution in [2.45, 2.75) is 6.92 Å². The number of hydrogen-bond acceptors (Lipinski definition) is 4. The maximum absolute atomic E-state index is 8.55. The molecule has 1 aromatic heterocycles. The van der Waals surface area contributed by atoms with E-state index in [1.165, 1.54) is 7.11 Å². The zero-order valence-electron chi connectivity index (χ0n) is 8.69. The van der Waals surface area contributed by atoms with Crippen molar-refractivity contribution in [3.63, 3.8) is 0 Å². The lowest BCUT2D eigenvalue weighted by atomic mass is 10.2. The smallest absolute Gasteiger partial charge is 0.114 e. The maximum Gasteiger partial charge on any atom is 0.114 e. The highest BCUT2D eigenvalue weighted by Crippen LogP contribution is 2.00. The minimum absolute atomic E-state index is 0.170. The second kappa shape index (κ2) is 5.78. The Morgan fingerprint density at radius 3 is 3.07 bits per heavy atom. The van der Waals surface area contributed by atoms with Gasteiger partial charge in [0, 0.05) is 0 Å². The van der Waals surface area contributed by atoms with E-state index in [2.05, 4.69) is 26.8 Å². The number of rotatable bonds is 2. The van der Waals surface area contributed by atoms with Crippen molar-refractivity contribution in [2.75, 3.05) is 13.7 Å². The third-order valence-electron chi connectivity index (χ3n) is 1.64. The van der Waals surface area contributed by atoms with Crippen LogP contribution in [0.1, 0.15) is 18.3 Å². The summed E-state index contributed by atoms with van der Waals surface area (Å²) in [4.78, 5) is 8.88. The summed E-state index contributed by atoms with van der Waals surface area (Å²) in [7, 11) is 1.49. The summed E-state index contributed by atoms with van der Waals surface area (Å²) >= 11 is 0. The molecule has 0 aliphatic heterocycles. The highest BCUT2D eigenvalue weighted by atomic mass is 16.6. The van der Waals surface area contributed by atoms with Gasteiger partial charge >= 0.3 is 0 Å². The van der Waals surface area contributed by atoms with Crippen molar-refractivity contribution >= 4 is 5.71 Å². The average Bonchev–Trinajstić information content (AvgIpc) is 2.27. The van der Waals surface area contributed by atoms with Gasteiger partial charge in [-0.05, 0) is 25.0 Å². The molecular weight excluding hydrogens is 192 g/mol. The monoisotopic (exact) mass is 204 g/mol. The van der Waals surface area contributed by atoms with Gasteiger partial charge in [-0.1, -0.05) is 17.1 Å². The van der Waals surface area contributed by atoms with Crippen LogP contribution in [0.3, 0.4) is 0 Å². The molecule has 0 unspecified atom stereocenters.